The molecule has 1 aliphatic heterocycles. The number of hydrogen-bond donors (Lipinski definition) is 0. The van der Waals surface area contributed by atoms with Crippen LogP contribution < -0.4 is 11.2 Å². The minimum absolute atomic E-state index is 0.305. The average molecular weight is 492 g/mol. The van der Waals surface area contributed by atoms with Crippen molar-refractivity contribution in [1.29, 1.82) is 0 Å². The van der Waals surface area contributed by atoms with E-state index in [9.17, 15) is 9.59 Å². The highest BCUT2D eigenvalue weighted by atomic mass is 19.1. The van der Waals surface area contributed by atoms with Crippen LogP contribution in [0.5, 0.6) is 0 Å². The van der Waals surface area contributed by atoms with Gasteiger partial charge >= 0.3 is 5.69 Å². The average Bonchev–Trinajstić information content (AvgIpc) is 3.17. The molecule has 1 aliphatic rings. The Kier molecular flexibility index (Phi) is 5.16. The minimum atomic E-state index is -0.456. The van der Waals surface area contributed by atoms with E-state index in [0.29, 0.717) is 28.6 Å². The van der Waals surface area contributed by atoms with Crippen LogP contribution in [-0.2, 0) is 20.5 Å². The summed E-state index contributed by atoms with van der Waals surface area (Å²) in [6.07, 6.45) is 0.605. The first-order valence-electron chi connectivity index (χ1n) is 12.2. The third kappa shape index (κ3) is 3.29. The lowest BCUT2D eigenvalue weighted by atomic mass is 9.86. The quantitative estimate of drug-likeness (QED) is 0.311. The zero-order chi connectivity index (χ0) is 26.0. The van der Waals surface area contributed by atoms with Gasteiger partial charge in [-0.3, -0.25) is 13.9 Å². The highest BCUT2D eigenvalue weighted by Crippen LogP contribution is 2.46. The molecule has 0 fully saturated rings. The molecule has 0 spiro atoms. The molecule has 1 atom stereocenters. The molecule has 1 unspecified atom stereocenters. The number of benzene rings is 3. The maximum Gasteiger partial charge on any atom is 0.331 e. The van der Waals surface area contributed by atoms with Gasteiger partial charge in [-0.05, 0) is 42.7 Å². The third-order valence-electron chi connectivity index (χ3n) is 7.48. The van der Waals surface area contributed by atoms with Crippen molar-refractivity contribution in [3.63, 3.8) is 0 Å². The van der Waals surface area contributed by atoms with Crippen LogP contribution >= 0.6 is 0 Å². The van der Waals surface area contributed by atoms with Gasteiger partial charge < -0.3 is 4.57 Å². The second kappa shape index (κ2) is 8.30. The Hall–Kier alpha value is -4.45. The number of aryl methyl sites for hydroxylation is 2. The first-order chi connectivity index (χ1) is 17.8. The predicted molar refractivity (Wildman–Crippen MR) is 145 cm³/mol. The fourth-order valence-electron chi connectivity index (χ4n) is 5.69. The fourth-order valence-corrected chi connectivity index (χ4v) is 5.69. The number of hydrogen-bond acceptors (Lipinski definition) is 2. The molecule has 0 saturated carbocycles. The van der Waals surface area contributed by atoms with E-state index >= 15 is 4.39 Å². The number of aromatic nitrogens is 3. The van der Waals surface area contributed by atoms with Crippen LogP contribution in [0.3, 0.4) is 0 Å². The topological polar surface area (TPSA) is 48.9 Å². The molecule has 6 rings (SSSR count). The largest absolute Gasteiger partial charge is 0.331 e. The first-order valence-corrected chi connectivity index (χ1v) is 12.2. The molecule has 184 valence electrons. The summed E-state index contributed by atoms with van der Waals surface area (Å²) in [5.74, 6) is -0.762. The van der Waals surface area contributed by atoms with Crippen LogP contribution in [-0.4, -0.2) is 13.7 Å². The smallest absolute Gasteiger partial charge is 0.309 e. The highest BCUT2D eigenvalue weighted by Gasteiger charge is 2.35. The molecule has 0 aliphatic carbocycles. The van der Waals surface area contributed by atoms with Gasteiger partial charge in [0.2, 0.25) is 0 Å². The van der Waals surface area contributed by atoms with Crippen LogP contribution in [0.1, 0.15) is 28.3 Å². The van der Waals surface area contributed by atoms with Crippen LogP contribution in [0.4, 0.5) is 4.39 Å². The molecule has 0 radical (unpaired) electrons. The SMILES string of the molecule is C=C1Cc2ccccc2-n2c(-c3ccccc3F)c3c(=O)n(C)c(=O)n(C)c3c2C1c1ccc(C)cc1. The second-order valence-corrected chi connectivity index (χ2v) is 9.79. The second-order valence-electron chi connectivity index (χ2n) is 9.79. The van der Waals surface area contributed by atoms with Gasteiger partial charge in [0.25, 0.3) is 5.56 Å². The molecule has 37 heavy (non-hydrogen) atoms. The van der Waals surface area contributed by atoms with E-state index in [1.165, 1.54) is 17.7 Å². The van der Waals surface area contributed by atoms with Crippen LogP contribution in [0.15, 0.2) is 94.5 Å². The van der Waals surface area contributed by atoms with Gasteiger partial charge in [0.1, 0.15) is 5.82 Å². The van der Waals surface area contributed by atoms with Crippen LogP contribution in [0, 0.1) is 12.7 Å². The van der Waals surface area contributed by atoms with Crippen LogP contribution in [0.2, 0.25) is 0 Å². The van der Waals surface area contributed by atoms with E-state index < -0.39 is 17.1 Å². The van der Waals surface area contributed by atoms with E-state index in [0.717, 1.165) is 38.2 Å². The molecule has 5 aromatic rings. The number of fused-ring (bicyclic) bond motifs is 5. The van der Waals surface area contributed by atoms with Gasteiger partial charge in [-0.1, -0.05) is 72.3 Å². The molecule has 0 bridgehead atoms. The van der Waals surface area contributed by atoms with Gasteiger partial charge in [-0.25, -0.2) is 9.18 Å². The molecule has 0 N–H and O–H groups in total. The van der Waals surface area contributed by atoms with Crippen molar-refractivity contribution < 1.29 is 4.39 Å². The third-order valence-corrected chi connectivity index (χ3v) is 7.48. The van der Waals surface area contributed by atoms with E-state index in [-0.39, 0.29) is 5.92 Å². The van der Waals surface area contributed by atoms with E-state index in [2.05, 4.69) is 18.7 Å². The summed E-state index contributed by atoms with van der Waals surface area (Å²) in [6.45, 7) is 6.52. The molecule has 6 heteroatoms. The maximum atomic E-state index is 15.5. The Bertz CT molecular complexity index is 1860. The van der Waals surface area contributed by atoms with Crippen molar-refractivity contribution in [3.05, 3.63) is 134 Å². The monoisotopic (exact) mass is 491 g/mol. The van der Waals surface area contributed by atoms with E-state index in [4.69, 9.17) is 0 Å². The zero-order valence-corrected chi connectivity index (χ0v) is 21.0. The molecular formula is C31H26FN3O2. The summed E-state index contributed by atoms with van der Waals surface area (Å²) in [5, 5.41) is 0.311. The molecule has 0 saturated heterocycles. The summed E-state index contributed by atoms with van der Waals surface area (Å²) < 4.78 is 20.1. The van der Waals surface area contributed by atoms with Crippen molar-refractivity contribution >= 4 is 10.9 Å². The van der Waals surface area contributed by atoms with Gasteiger partial charge in [-0.2, -0.15) is 0 Å². The number of para-hydroxylation sites is 1. The normalized spacial score (nSPS) is 14.9. The summed E-state index contributed by atoms with van der Waals surface area (Å²) in [5.41, 5.74) is 6.01. The van der Waals surface area contributed by atoms with E-state index in [1.54, 1.807) is 25.2 Å². The standard InChI is InChI=1S/C31H26FN3O2/c1-18-13-15-20(16-14-18)25-19(2)17-21-9-5-8-12-24(21)35-27(22-10-6-7-11-23(22)32)26-28(29(25)35)33(3)31(37)34(4)30(26)36/h5-16,25H,2,17H2,1,3-4H3. The Morgan fingerprint density at radius 3 is 2.30 bits per heavy atom. The van der Waals surface area contributed by atoms with Crippen molar-refractivity contribution in [3.8, 4) is 16.9 Å². The molecular weight excluding hydrogens is 465 g/mol. The predicted octanol–water partition coefficient (Wildman–Crippen LogP) is 5.39. The van der Waals surface area contributed by atoms with Crippen molar-refractivity contribution in [2.24, 2.45) is 14.1 Å². The Balaban J connectivity index is 1.92. The maximum absolute atomic E-state index is 15.5. The number of rotatable bonds is 2. The lowest BCUT2D eigenvalue weighted by Gasteiger charge is -2.21. The summed E-state index contributed by atoms with van der Waals surface area (Å²) in [6, 6.07) is 22.6. The van der Waals surface area contributed by atoms with Crippen molar-refractivity contribution in [2.45, 2.75) is 19.3 Å². The molecule has 3 aromatic carbocycles. The molecule has 5 nitrogen and oxygen atoms in total. The lowest BCUT2D eigenvalue weighted by Crippen LogP contribution is -2.37. The van der Waals surface area contributed by atoms with Crippen molar-refractivity contribution in [2.75, 3.05) is 0 Å². The van der Waals surface area contributed by atoms with Crippen LogP contribution in [0.25, 0.3) is 27.8 Å². The van der Waals surface area contributed by atoms with Crippen molar-refractivity contribution in [1.82, 2.24) is 13.7 Å². The highest BCUT2D eigenvalue weighted by molar-refractivity contribution is 5.98. The molecule has 0 amide bonds. The van der Waals surface area contributed by atoms with Gasteiger partial charge in [0, 0.05) is 31.3 Å². The number of nitrogens with zero attached hydrogens (tertiary/aromatic N) is 3. The number of allylic oxidation sites excluding steroid dienone is 1. The summed E-state index contributed by atoms with van der Waals surface area (Å²) in [7, 11) is 3.13. The number of halogens is 1. The van der Waals surface area contributed by atoms with E-state index in [1.807, 2.05) is 47.9 Å². The molecule has 3 heterocycles. The molecule has 2 aromatic heterocycles. The zero-order valence-electron chi connectivity index (χ0n) is 21.0. The first kappa shape index (κ1) is 23.0. The van der Waals surface area contributed by atoms with Gasteiger partial charge in [-0.15, -0.1) is 0 Å². The minimum Gasteiger partial charge on any atom is -0.309 e. The summed E-state index contributed by atoms with van der Waals surface area (Å²) in [4.78, 5) is 27.0. The van der Waals surface area contributed by atoms with Gasteiger partial charge in [0.15, 0.2) is 0 Å². The summed E-state index contributed by atoms with van der Waals surface area (Å²) >= 11 is 0. The van der Waals surface area contributed by atoms with Gasteiger partial charge in [0.05, 0.1) is 22.3 Å². The Morgan fingerprint density at radius 1 is 0.892 bits per heavy atom. The lowest BCUT2D eigenvalue weighted by molar-refractivity contribution is 0.630. The Morgan fingerprint density at radius 2 is 1.57 bits per heavy atom. The fraction of sp³-hybridized carbons (Fsp3) is 0.161. The Labute approximate surface area is 213 Å².